The first-order valence-electron chi connectivity index (χ1n) is 3.81. The fraction of sp³-hybridized carbons (Fsp3) is 0.667. The Morgan fingerprint density at radius 1 is 0.722 bits per heavy atom. The number of ether oxygens (including phenoxy) is 2. The van der Waals surface area contributed by atoms with Gasteiger partial charge >= 0.3 is 24.7 Å². The summed E-state index contributed by atoms with van der Waals surface area (Å²) in [6, 6.07) is 0. The van der Waals surface area contributed by atoms with Crippen LogP contribution in [0.25, 0.3) is 0 Å². The molecule has 0 N–H and O–H groups in total. The molecule has 0 saturated heterocycles. The van der Waals surface area contributed by atoms with Crippen LogP contribution >= 0.6 is 0 Å². The van der Waals surface area contributed by atoms with Crippen LogP contribution in [-0.2, 0) is 19.2 Å². The van der Waals surface area contributed by atoms with E-state index < -0.39 is 37.9 Å². The Labute approximate surface area is 94.3 Å². The van der Waals surface area contributed by atoms with Gasteiger partial charge in [0.25, 0.3) is 0 Å². The van der Waals surface area contributed by atoms with Crippen molar-refractivity contribution in [2.75, 3.05) is 13.2 Å². The van der Waals surface area contributed by atoms with Crippen molar-refractivity contribution in [3.63, 3.8) is 0 Å². The molecule has 0 spiro atoms. The first kappa shape index (κ1) is 16.1. The smallest absolute Gasteiger partial charge is 0.422 e. The number of carbonyl (C=O) groups excluding carboxylic acids is 2. The highest BCUT2D eigenvalue weighted by Gasteiger charge is 2.32. The summed E-state index contributed by atoms with van der Waals surface area (Å²) >= 11 is 0. The molecule has 0 aliphatic rings. The summed E-state index contributed by atoms with van der Waals surface area (Å²) < 4.78 is 75.6. The van der Waals surface area contributed by atoms with Gasteiger partial charge in [-0.1, -0.05) is 0 Å². The normalized spacial score (nSPS) is 11.7. The van der Waals surface area contributed by atoms with E-state index in [0.29, 0.717) is 0 Å². The minimum Gasteiger partial charge on any atom is -0.422 e. The summed E-state index contributed by atoms with van der Waals surface area (Å²) in [4.78, 5) is 27.1. The highest BCUT2D eigenvalue weighted by Crippen LogP contribution is 2.15. The third kappa shape index (κ3) is 10.6. The largest absolute Gasteiger partial charge is 0.550 e. The standard InChI is InChI=1S/C6H4F6O6/c7-5(8,9)1-15-3(13)17-18-4(14)16-2-6(10,11)12/h1-2H2. The Morgan fingerprint density at radius 2 is 1.00 bits per heavy atom. The summed E-state index contributed by atoms with van der Waals surface area (Å²) in [6.07, 6.45) is -13.8. The lowest BCUT2D eigenvalue weighted by Gasteiger charge is -2.08. The Kier molecular flexibility index (Phi) is 5.52. The maximum Gasteiger partial charge on any atom is 0.550 e. The Hall–Kier alpha value is -1.88. The molecule has 0 amide bonds. The molecule has 0 aliphatic carbocycles. The van der Waals surface area contributed by atoms with Gasteiger partial charge < -0.3 is 9.47 Å². The summed E-state index contributed by atoms with van der Waals surface area (Å²) in [5.41, 5.74) is 0. The summed E-state index contributed by atoms with van der Waals surface area (Å²) in [6.45, 7) is -4.04. The van der Waals surface area contributed by atoms with Crippen LogP contribution in [0.1, 0.15) is 0 Å². The topological polar surface area (TPSA) is 71.1 Å². The van der Waals surface area contributed by atoms with E-state index in [1.165, 1.54) is 0 Å². The van der Waals surface area contributed by atoms with Crippen molar-refractivity contribution in [2.45, 2.75) is 12.4 Å². The van der Waals surface area contributed by atoms with E-state index in [0.717, 1.165) is 0 Å². The highest BCUT2D eigenvalue weighted by molar-refractivity contribution is 5.63. The second-order valence-electron chi connectivity index (χ2n) is 2.47. The molecule has 0 unspecified atom stereocenters. The lowest BCUT2D eigenvalue weighted by molar-refractivity contribution is -0.240. The molecule has 0 aromatic carbocycles. The van der Waals surface area contributed by atoms with Crippen LogP contribution in [0.2, 0.25) is 0 Å². The number of rotatable bonds is 2. The van der Waals surface area contributed by atoms with E-state index in [1.54, 1.807) is 0 Å². The van der Waals surface area contributed by atoms with Gasteiger partial charge in [-0.05, 0) is 0 Å². The van der Waals surface area contributed by atoms with E-state index in [4.69, 9.17) is 0 Å². The van der Waals surface area contributed by atoms with Gasteiger partial charge in [-0.2, -0.15) is 45.7 Å². The van der Waals surface area contributed by atoms with E-state index in [1.807, 2.05) is 0 Å². The molecule has 0 aromatic heterocycles. The molecule has 0 aromatic rings. The van der Waals surface area contributed by atoms with Crippen LogP contribution < -0.4 is 0 Å². The molecular formula is C6H4F6O6. The highest BCUT2D eigenvalue weighted by atomic mass is 19.4. The summed E-state index contributed by atoms with van der Waals surface area (Å²) in [5, 5.41) is 0. The predicted molar refractivity (Wildman–Crippen MR) is 37.0 cm³/mol. The van der Waals surface area contributed by atoms with Crippen LogP contribution in [0.15, 0.2) is 0 Å². The van der Waals surface area contributed by atoms with Crippen molar-refractivity contribution in [1.29, 1.82) is 0 Å². The van der Waals surface area contributed by atoms with Crippen LogP contribution in [0, 0.1) is 0 Å². The third-order valence-corrected chi connectivity index (χ3v) is 0.885. The van der Waals surface area contributed by atoms with Crippen LogP contribution in [0.3, 0.4) is 0 Å². The number of hydrogen-bond donors (Lipinski definition) is 0. The van der Waals surface area contributed by atoms with Gasteiger partial charge in [0.2, 0.25) is 0 Å². The second kappa shape index (κ2) is 6.16. The van der Waals surface area contributed by atoms with Gasteiger partial charge in [-0.15, -0.1) is 0 Å². The van der Waals surface area contributed by atoms with E-state index in [2.05, 4.69) is 19.2 Å². The number of alkyl halides is 6. The maximum absolute atomic E-state index is 11.5. The third-order valence-electron chi connectivity index (χ3n) is 0.885. The molecule has 0 bridgehead atoms. The van der Waals surface area contributed by atoms with Gasteiger partial charge in [0.1, 0.15) is 0 Å². The SMILES string of the molecule is O=C(OCC(F)(F)F)OOC(=O)OCC(F)(F)F. The molecule has 18 heavy (non-hydrogen) atoms. The minimum absolute atomic E-state index is 2.02. The molecule has 0 radical (unpaired) electrons. The van der Waals surface area contributed by atoms with Crippen molar-refractivity contribution in [3.8, 4) is 0 Å². The lowest BCUT2D eigenvalue weighted by Crippen LogP contribution is -2.24. The van der Waals surface area contributed by atoms with Crippen LogP contribution in [0.5, 0.6) is 0 Å². The van der Waals surface area contributed by atoms with Crippen molar-refractivity contribution in [1.82, 2.24) is 0 Å². The maximum atomic E-state index is 11.5. The summed E-state index contributed by atoms with van der Waals surface area (Å²) in [7, 11) is 0. The van der Waals surface area contributed by atoms with Gasteiger partial charge in [0.05, 0.1) is 0 Å². The lowest BCUT2D eigenvalue weighted by atomic mass is 10.7. The number of hydrogen-bond acceptors (Lipinski definition) is 6. The van der Waals surface area contributed by atoms with Crippen molar-refractivity contribution in [2.24, 2.45) is 0 Å². The van der Waals surface area contributed by atoms with Crippen molar-refractivity contribution >= 4 is 12.3 Å². The molecule has 106 valence electrons. The van der Waals surface area contributed by atoms with E-state index >= 15 is 0 Å². The zero-order chi connectivity index (χ0) is 14.4. The quantitative estimate of drug-likeness (QED) is 0.336. The Morgan fingerprint density at radius 3 is 1.22 bits per heavy atom. The molecule has 0 heterocycles. The van der Waals surface area contributed by atoms with Crippen molar-refractivity contribution < 1.29 is 55.2 Å². The predicted octanol–water partition coefficient (Wildman–Crippen LogP) is 2.33. The minimum atomic E-state index is -4.84. The molecule has 0 fully saturated rings. The fourth-order valence-electron chi connectivity index (χ4n) is 0.398. The zero-order valence-electron chi connectivity index (χ0n) is 8.13. The number of halogens is 6. The molecule has 6 nitrogen and oxygen atoms in total. The van der Waals surface area contributed by atoms with Crippen molar-refractivity contribution in [3.05, 3.63) is 0 Å². The van der Waals surface area contributed by atoms with Crippen LogP contribution in [-0.4, -0.2) is 37.9 Å². The fourth-order valence-corrected chi connectivity index (χ4v) is 0.398. The molecule has 0 saturated carbocycles. The van der Waals surface area contributed by atoms with Gasteiger partial charge in [0.15, 0.2) is 13.2 Å². The Balaban J connectivity index is 3.76. The van der Waals surface area contributed by atoms with Crippen LogP contribution in [0.4, 0.5) is 35.9 Å². The second-order valence-corrected chi connectivity index (χ2v) is 2.47. The molecule has 0 aliphatic heterocycles. The monoisotopic (exact) mass is 286 g/mol. The van der Waals surface area contributed by atoms with Gasteiger partial charge in [-0.3, -0.25) is 0 Å². The number of carbonyl (C=O) groups is 2. The zero-order valence-corrected chi connectivity index (χ0v) is 8.13. The molecule has 0 rings (SSSR count). The molecular weight excluding hydrogens is 282 g/mol. The average molecular weight is 286 g/mol. The van der Waals surface area contributed by atoms with Gasteiger partial charge in [0, 0.05) is 0 Å². The van der Waals surface area contributed by atoms with Gasteiger partial charge in [-0.25, -0.2) is 0 Å². The molecule has 12 heteroatoms. The first-order chi connectivity index (χ1) is 7.99. The average Bonchev–Trinajstić information content (AvgIpc) is 2.18. The molecule has 0 atom stereocenters. The van der Waals surface area contributed by atoms with E-state index in [9.17, 15) is 35.9 Å². The Bertz CT molecular complexity index is 266. The first-order valence-corrected chi connectivity index (χ1v) is 3.81. The van der Waals surface area contributed by atoms with E-state index in [-0.39, 0.29) is 0 Å². The summed E-state index contributed by atoms with van der Waals surface area (Å²) in [5.74, 6) is 0.